The molecule has 0 unspecified atom stereocenters. The zero-order valence-electron chi connectivity index (χ0n) is 29.1. The van der Waals surface area contributed by atoms with Crippen LogP contribution < -0.4 is 20.1 Å². The lowest BCUT2D eigenvalue weighted by Crippen LogP contribution is -2.11. The summed E-state index contributed by atoms with van der Waals surface area (Å²) in [5.74, 6) is 1.66. The molecule has 0 aliphatic heterocycles. The third-order valence-electron chi connectivity index (χ3n) is 8.29. The van der Waals surface area contributed by atoms with Crippen LogP contribution in [0.4, 0.5) is 22.7 Å². The van der Waals surface area contributed by atoms with Gasteiger partial charge in [-0.1, -0.05) is 12.1 Å². The molecule has 0 bridgehead atoms. The van der Waals surface area contributed by atoms with E-state index >= 15 is 0 Å². The van der Waals surface area contributed by atoms with Gasteiger partial charge in [0.25, 0.3) is 23.2 Å². The summed E-state index contributed by atoms with van der Waals surface area (Å²) in [6, 6.07) is 40.6. The van der Waals surface area contributed by atoms with E-state index in [9.17, 15) is 29.8 Å². The van der Waals surface area contributed by atoms with Gasteiger partial charge in [-0.2, -0.15) is 0 Å². The van der Waals surface area contributed by atoms with Crippen LogP contribution in [0.5, 0.6) is 23.0 Å². The normalized spacial score (nSPS) is 10.6. The average molecular weight is 745 g/mol. The van der Waals surface area contributed by atoms with Crippen LogP contribution in [0, 0.1) is 20.2 Å². The summed E-state index contributed by atoms with van der Waals surface area (Å²) < 4.78 is 11.4. The number of hydrogen-bond acceptors (Lipinski definition) is 10. The zero-order valence-corrected chi connectivity index (χ0v) is 29.1. The van der Waals surface area contributed by atoms with E-state index in [1.54, 1.807) is 85.1 Å². The van der Waals surface area contributed by atoms with E-state index in [0.717, 1.165) is 11.1 Å². The van der Waals surface area contributed by atoms with Crippen LogP contribution >= 0.6 is 0 Å². The second-order valence-electron chi connectivity index (χ2n) is 12.1. The number of nitrogens with zero attached hydrogens (tertiary/aromatic N) is 4. The standard InChI is InChI=1S/C42H28N6O8/c49-41(29-5-17-35(18-6-29)55-37-21-13-33(14-22-37)47(51)52)44-31-9-1-27(2-10-31)39-25-26-43-40(46-39)28-3-11-32(12-4-28)45-42(50)30-7-19-36(20-8-30)56-38-23-15-34(16-24-38)48(53)54/h1-26H,(H,44,49)(H,45,50). The number of carbonyl (C=O) groups excluding carboxylic acids is 2. The number of amides is 2. The molecule has 14 heteroatoms. The first-order valence-corrected chi connectivity index (χ1v) is 16.9. The van der Waals surface area contributed by atoms with Crippen molar-refractivity contribution in [3.8, 4) is 45.6 Å². The Bertz CT molecular complexity index is 2350. The molecule has 0 aliphatic rings. The topological polar surface area (TPSA) is 189 Å². The summed E-state index contributed by atoms with van der Waals surface area (Å²) in [5.41, 5.74) is 4.14. The molecule has 0 fully saturated rings. The molecule has 0 aliphatic carbocycles. The molecule has 0 saturated carbocycles. The Kier molecular flexibility index (Phi) is 10.4. The minimum absolute atomic E-state index is 0.0365. The van der Waals surface area contributed by atoms with Crippen molar-refractivity contribution in [2.24, 2.45) is 0 Å². The van der Waals surface area contributed by atoms with Crippen LogP contribution in [0.25, 0.3) is 22.6 Å². The van der Waals surface area contributed by atoms with Crippen molar-refractivity contribution in [2.45, 2.75) is 0 Å². The SMILES string of the molecule is O=C(Nc1ccc(-c2ccnc(-c3ccc(NC(=O)c4ccc(Oc5ccc([N+](=O)[O-])cc5)cc4)cc3)n2)cc1)c1ccc(Oc2ccc([N+](=O)[O-])cc2)cc1. The van der Waals surface area contributed by atoms with E-state index in [2.05, 4.69) is 15.6 Å². The highest BCUT2D eigenvalue weighted by Crippen LogP contribution is 2.27. The number of aromatic nitrogens is 2. The molecule has 56 heavy (non-hydrogen) atoms. The number of nitrogens with one attached hydrogen (secondary N) is 2. The number of hydrogen-bond donors (Lipinski definition) is 2. The number of non-ortho nitro benzene ring substituents is 2. The number of carbonyl (C=O) groups is 2. The molecule has 0 radical (unpaired) electrons. The molecule has 2 amide bonds. The fourth-order valence-electron chi connectivity index (χ4n) is 5.38. The predicted octanol–water partition coefficient (Wildman–Crippen LogP) is 9.72. The maximum atomic E-state index is 12.9. The fraction of sp³-hybridized carbons (Fsp3) is 0. The smallest absolute Gasteiger partial charge is 0.269 e. The summed E-state index contributed by atoms with van der Waals surface area (Å²) in [6.45, 7) is 0. The van der Waals surface area contributed by atoms with E-state index < -0.39 is 9.85 Å². The van der Waals surface area contributed by atoms with E-state index in [1.165, 1.54) is 48.5 Å². The lowest BCUT2D eigenvalue weighted by Gasteiger charge is -2.09. The summed E-state index contributed by atoms with van der Waals surface area (Å²) >= 11 is 0. The van der Waals surface area contributed by atoms with Gasteiger partial charge in [0.1, 0.15) is 23.0 Å². The second-order valence-corrected chi connectivity index (χ2v) is 12.1. The summed E-state index contributed by atoms with van der Waals surface area (Å²) in [7, 11) is 0. The minimum Gasteiger partial charge on any atom is -0.457 e. The summed E-state index contributed by atoms with van der Waals surface area (Å²) in [6.07, 6.45) is 1.66. The van der Waals surface area contributed by atoms with Crippen LogP contribution in [0.3, 0.4) is 0 Å². The Hall–Kier alpha value is -8.26. The van der Waals surface area contributed by atoms with Crippen molar-refractivity contribution in [3.05, 3.63) is 189 Å². The number of nitro benzene ring substituents is 2. The molecule has 1 aromatic heterocycles. The first kappa shape index (κ1) is 36.1. The first-order chi connectivity index (χ1) is 27.2. The van der Waals surface area contributed by atoms with Crippen LogP contribution in [0.15, 0.2) is 158 Å². The third kappa shape index (κ3) is 8.85. The Morgan fingerprint density at radius 1 is 0.482 bits per heavy atom. The average Bonchev–Trinajstić information content (AvgIpc) is 3.22. The Balaban J connectivity index is 0.923. The van der Waals surface area contributed by atoms with E-state index in [4.69, 9.17) is 14.5 Å². The van der Waals surface area contributed by atoms with Crippen LogP contribution in [-0.2, 0) is 0 Å². The predicted molar refractivity (Wildman–Crippen MR) is 208 cm³/mol. The number of anilines is 2. The van der Waals surface area contributed by atoms with Crippen LogP contribution in [-0.4, -0.2) is 31.6 Å². The van der Waals surface area contributed by atoms with Gasteiger partial charge in [-0.25, -0.2) is 9.97 Å². The third-order valence-corrected chi connectivity index (χ3v) is 8.29. The Morgan fingerprint density at radius 3 is 1.25 bits per heavy atom. The number of rotatable bonds is 12. The molecular formula is C42H28N6O8. The fourth-order valence-corrected chi connectivity index (χ4v) is 5.38. The lowest BCUT2D eigenvalue weighted by molar-refractivity contribution is -0.385. The highest BCUT2D eigenvalue weighted by Gasteiger charge is 2.12. The van der Waals surface area contributed by atoms with Crippen molar-refractivity contribution in [3.63, 3.8) is 0 Å². The number of ether oxygens (including phenoxy) is 2. The van der Waals surface area contributed by atoms with Gasteiger partial charge in [0.2, 0.25) is 0 Å². The van der Waals surface area contributed by atoms with E-state index in [0.29, 0.717) is 57.0 Å². The van der Waals surface area contributed by atoms with E-state index in [-0.39, 0.29) is 23.2 Å². The molecule has 7 rings (SSSR count). The lowest BCUT2D eigenvalue weighted by atomic mass is 10.1. The van der Waals surface area contributed by atoms with Gasteiger partial charge in [-0.15, -0.1) is 0 Å². The first-order valence-electron chi connectivity index (χ1n) is 16.9. The molecule has 14 nitrogen and oxygen atoms in total. The highest BCUT2D eigenvalue weighted by atomic mass is 16.6. The molecule has 2 N–H and O–H groups in total. The van der Waals surface area contributed by atoms with Gasteiger partial charge in [-0.05, 0) is 115 Å². The highest BCUT2D eigenvalue weighted by molar-refractivity contribution is 6.05. The van der Waals surface area contributed by atoms with Crippen molar-refractivity contribution in [1.82, 2.24) is 9.97 Å². The molecule has 1 heterocycles. The van der Waals surface area contributed by atoms with Gasteiger partial charge in [0, 0.05) is 64.1 Å². The molecular weight excluding hydrogens is 716 g/mol. The number of nitro groups is 2. The molecule has 7 aromatic rings. The van der Waals surface area contributed by atoms with Gasteiger partial charge in [0.15, 0.2) is 5.82 Å². The van der Waals surface area contributed by atoms with Crippen molar-refractivity contribution >= 4 is 34.6 Å². The Morgan fingerprint density at radius 2 is 0.857 bits per heavy atom. The Labute approximate surface area is 318 Å². The molecule has 0 saturated heterocycles. The summed E-state index contributed by atoms with van der Waals surface area (Å²) in [5, 5.41) is 27.5. The summed E-state index contributed by atoms with van der Waals surface area (Å²) in [4.78, 5) is 55.7. The van der Waals surface area contributed by atoms with E-state index in [1.807, 2.05) is 24.3 Å². The van der Waals surface area contributed by atoms with Crippen LogP contribution in [0.1, 0.15) is 20.7 Å². The maximum Gasteiger partial charge on any atom is 0.269 e. The molecule has 6 aromatic carbocycles. The quantitative estimate of drug-likeness (QED) is 0.0900. The van der Waals surface area contributed by atoms with Crippen molar-refractivity contribution in [2.75, 3.05) is 10.6 Å². The number of benzene rings is 6. The van der Waals surface area contributed by atoms with Gasteiger partial charge in [-0.3, -0.25) is 29.8 Å². The van der Waals surface area contributed by atoms with Crippen LogP contribution in [0.2, 0.25) is 0 Å². The largest absolute Gasteiger partial charge is 0.457 e. The molecule has 0 spiro atoms. The van der Waals surface area contributed by atoms with Gasteiger partial charge < -0.3 is 20.1 Å². The van der Waals surface area contributed by atoms with Gasteiger partial charge in [0.05, 0.1) is 15.5 Å². The molecule has 274 valence electrons. The maximum absolute atomic E-state index is 12.9. The monoisotopic (exact) mass is 744 g/mol. The second kappa shape index (κ2) is 16.2. The van der Waals surface area contributed by atoms with Gasteiger partial charge >= 0.3 is 0 Å². The van der Waals surface area contributed by atoms with Crippen molar-refractivity contribution in [1.29, 1.82) is 0 Å². The molecule has 0 atom stereocenters. The minimum atomic E-state index is -0.485. The van der Waals surface area contributed by atoms with Crippen molar-refractivity contribution < 1.29 is 28.9 Å². The zero-order chi connectivity index (χ0) is 39.0.